The number of nitrogens with one attached hydrogen (secondary N) is 1. The fraction of sp³-hybridized carbons (Fsp3) is 0.286. The summed E-state index contributed by atoms with van der Waals surface area (Å²) in [6.07, 6.45) is 1.37. The van der Waals surface area contributed by atoms with Crippen LogP contribution < -0.4 is 11.1 Å². The van der Waals surface area contributed by atoms with E-state index in [1.54, 1.807) is 43.5 Å². The highest BCUT2D eigenvalue weighted by atomic mass is 16.6. The smallest absolute Gasteiger partial charge is 0.408 e. The molecule has 0 fully saturated rings. The lowest BCUT2D eigenvalue weighted by Gasteiger charge is -2.23. The number of Topliss-reactive ketones (excluding diaryl/α,β-unsaturated/α-hetero) is 1. The van der Waals surface area contributed by atoms with E-state index in [2.05, 4.69) is 10.3 Å². The second-order valence-corrected chi connectivity index (χ2v) is 7.53. The molecule has 0 aliphatic heterocycles. The Labute approximate surface area is 163 Å². The summed E-state index contributed by atoms with van der Waals surface area (Å²) in [5.41, 5.74) is 7.07. The summed E-state index contributed by atoms with van der Waals surface area (Å²) < 4.78 is 6.97. The lowest BCUT2D eigenvalue weighted by Crippen LogP contribution is -2.45. The first-order valence-electron chi connectivity index (χ1n) is 9.05. The summed E-state index contributed by atoms with van der Waals surface area (Å²) in [6.45, 7) is 5.30. The molecule has 0 bridgehead atoms. The number of alkyl carbamates (subject to hydrolysis) is 1. The van der Waals surface area contributed by atoms with Crippen LogP contribution in [0.25, 0.3) is 5.65 Å². The molecule has 1 amide bonds. The number of nitrogens with two attached hydrogens (primary N) is 1. The van der Waals surface area contributed by atoms with Gasteiger partial charge in [0, 0.05) is 12.6 Å². The highest BCUT2D eigenvalue weighted by Crippen LogP contribution is 2.18. The Bertz CT molecular complexity index is 990. The molecule has 0 saturated heterocycles. The van der Waals surface area contributed by atoms with Crippen LogP contribution in [-0.2, 0) is 11.2 Å². The predicted molar refractivity (Wildman–Crippen MR) is 107 cm³/mol. The van der Waals surface area contributed by atoms with Crippen molar-refractivity contribution in [2.75, 3.05) is 5.73 Å². The molecular formula is C21H24N4O3. The number of carbonyl (C=O) groups is 2. The van der Waals surface area contributed by atoms with Gasteiger partial charge >= 0.3 is 6.09 Å². The summed E-state index contributed by atoms with van der Waals surface area (Å²) in [4.78, 5) is 29.9. The van der Waals surface area contributed by atoms with Crippen LogP contribution in [0.1, 0.15) is 36.8 Å². The van der Waals surface area contributed by atoms with E-state index in [1.807, 2.05) is 36.4 Å². The van der Waals surface area contributed by atoms with Crippen LogP contribution in [0.4, 0.5) is 10.6 Å². The number of rotatable bonds is 5. The van der Waals surface area contributed by atoms with Gasteiger partial charge in [0.1, 0.15) is 23.0 Å². The summed E-state index contributed by atoms with van der Waals surface area (Å²) in [5.74, 6) is -0.203. The third-order valence-corrected chi connectivity index (χ3v) is 4.08. The fourth-order valence-corrected chi connectivity index (χ4v) is 2.93. The minimum Gasteiger partial charge on any atom is -0.444 e. The zero-order valence-electron chi connectivity index (χ0n) is 16.2. The predicted octanol–water partition coefficient (Wildman–Crippen LogP) is 3.24. The molecular weight excluding hydrogens is 356 g/mol. The van der Waals surface area contributed by atoms with E-state index in [-0.39, 0.29) is 17.3 Å². The van der Waals surface area contributed by atoms with Crippen LogP contribution >= 0.6 is 0 Å². The lowest BCUT2D eigenvalue weighted by atomic mass is 10.0. The first-order valence-corrected chi connectivity index (χ1v) is 9.05. The van der Waals surface area contributed by atoms with Crippen LogP contribution in [0.2, 0.25) is 0 Å². The van der Waals surface area contributed by atoms with Crippen LogP contribution in [0, 0.1) is 0 Å². The van der Waals surface area contributed by atoms with Crippen LogP contribution in [0.3, 0.4) is 0 Å². The Morgan fingerprint density at radius 3 is 2.50 bits per heavy atom. The third kappa shape index (κ3) is 4.49. The first-order chi connectivity index (χ1) is 13.2. The number of imidazole rings is 1. The molecule has 1 atom stereocenters. The van der Waals surface area contributed by atoms with Gasteiger partial charge in [0.25, 0.3) is 0 Å². The maximum Gasteiger partial charge on any atom is 0.408 e. The average molecular weight is 380 g/mol. The quantitative estimate of drug-likeness (QED) is 0.662. The number of benzene rings is 1. The molecule has 1 aromatic carbocycles. The zero-order chi connectivity index (χ0) is 20.3. The number of hydrogen-bond donors (Lipinski definition) is 2. The molecule has 7 nitrogen and oxygen atoms in total. The van der Waals surface area contributed by atoms with E-state index in [9.17, 15) is 9.59 Å². The summed E-state index contributed by atoms with van der Waals surface area (Å²) in [6, 6.07) is 14.0. The maximum absolute atomic E-state index is 13.3. The number of pyridine rings is 1. The SMILES string of the molecule is CC(C)(C)OC(=O)N[C@@H](Cc1ccccc1)C(=O)c1c(N)nc2ccccn12. The molecule has 0 aliphatic carbocycles. The molecule has 28 heavy (non-hydrogen) atoms. The van der Waals surface area contributed by atoms with Crippen molar-refractivity contribution in [3.8, 4) is 0 Å². The lowest BCUT2D eigenvalue weighted by molar-refractivity contribution is 0.0491. The average Bonchev–Trinajstić information content (AvgIpc) is 2.95. The minimum absolute atomic E-state index is 0.125. The Morgan fingerprint density at radius 2 is 1.82 bits per heavy atom. The van der Waals surface area contributed by atoms with Gasteiger partial charge in [-0.3, -0.25) is 9.20 Å². The molecule has 3 N–H and O–H groups in total. The van der Waals surface area contributed by atoms with E-state index in [0.717, 1.165) is 5.56 Å². The van der Waals surface area contributed by atoms with Crippen LogP contribution in [-0.4, -0.2) is 32.9 Å². The van der Waals surface area contributed by atoms with Crippen molar-refractivity contribution in [2.45, 2.75) is 38.8 Å². The van der Waals surface area contributed by atoms with Gasteiger partial charge in [-0.2, -0.15) is 0 Å². The summed E-state index contributed by atoms with van der Waals surface area (Å²) in [7, 11) is 0. The Kier molecular flexibility index (Phi) is 5.35. The molecule has 2 heterocycles. The number of nitrogens with zero attached hydrogens (tertiary/aromatic N) is 2. The minimum atomic E-state index is -0.848. The second kappa shape index (κ2) is 7.72. The van der Waals surface area contributed by atoms with Crippen molar-refractivity contribution >= 4 is 23.3 Å². The van der Waals surface area contributed by atoms with E-state index < -0.39 is 17.7 Å². The number of anilines is 1. The van der Waals surface area contributed by atoms with Crippen molar-refractivity contribution in [3.05, 3.63) is 66.0 Å². The Balaban J connectivity index is 1.93. The number of fused-ring (bicyclic) bond motifs is 1. The number of hydrogen-bond acceptors (Lipinski definition) is 5. The van der Waals surface area contributed by atoms with Crippen molar-refractivity contribution < 1.29 is 14.3 Å². The highest BCUT2D eigenvalue weighted by Gasteiger charge is 2.29. The topological polar surface area (TPSA) is 98.7 Å². The normalized spacial score (nSPS) is 12.5. The molecule has 0 unspecified atom stereocenters. The number of ether oxygens (including phenoxy) is 1. The maximum atomic E-state index is 13.3. The number of nitrogen functional groups attached to an aromatic ring is 1. The fourth-order valence-electron chi connectivity index (χ4n) is 2.93. The molecule has 146 valence electrons. The van der Waals surface area contributed by atoms with Gasteiger partial charge in [0.2, 0.25) is 5.78 Å². The molecule has 3 rings (SSSR count). The molecule has 0 radical (unpaired) electrons. The van der Waals surface area contributed by atoms with Gasteiger partial charge in [-0.1, -0.05) is 36.4 Å². The van der Waals surface area contributed by atoms with E-state index in [4.69, 9.17) is 10.5 Å². The highest BCUT2D eigenvalue weighted by molar-refractivity contribution is 6.04. The van der Waals surface area contributed by atoms with Crippen molar-refractivity contribution in [1.29, 1.82) is 0 Å². The van der Waals surface area contributed by atoms with Gasteiger partial charge in [-0.25, -0.2) is 9.78 Å². The van der Waals surface area contributed by atoms with Crippen molar-refractivity contribution in [2.24, 2.45) is 0 Å². The van der Waals surface area contributed by atoms with Gasteiger partial charge in [0.05, 0.1) is 0 Å². The summed E-state index contributed by atoms with van der Waals surface area (Å²) in [5, 5.41) is 2.69. The van der Waals surface area contributed by atoms with Gasteiger partial charge in [0.15, 0.2) is 5.82 Å². The number of carbonyl (C=O) groups excluding carboxylic acids is 2. The summed E-state index contributed by atoms with van der Waals surface area (Å²) >= 11 is 0. The molecule has 7 heteroatoms. The number of ketones is 1. The number of aromatic nitrogens is 2. The van der Waals surface area contributed by atoms with E-state index in [1.165, 1.54) is 0 Å². The standard InChI is InChI=1S/C21H24N4O3/c1-21(2,3)28-20(27)23-15(13-14-9-5-4-6-10-14)18(26)17-19(22)24-16-11-7-8-12-25(16)17/h4-12,15H,13,22H2,1-3H3,(H,23,27)/t15-/m0/s1. The van der Waals surface area contributed by atoms with Gasteiger partial charge in [-0.15, -0.1) is 0 Å². The molecule has 3 aromatic rings. The molecule has 0 saturated carbocycles. The Hall–Kier alpha value is -3.35. The van der Waals surface area contributed by atoms with Crippen molar-refractivity contribution in [1.82, 2.24) is 14.7 Å². The van der Waals surface area contributed by atoms with Crippen LogP contribution in [0.5, 0.6) is 0 Å². The van der Waals surface area contributed by atoms with Gasteiger partial charge < -0.3 is 15.8 Å². The second-order valence-electron chi connectivity index (χ2n) is 7.53. The zero-order valence-corrected chi connectivity index (χ0v) is 16.2. The number of amides is 1. The first kappa shape index (κ1) is 19.4. The largest absolute Gasteiger partial charge is 0.444 e. The molecule has 2 aromatic heterocycles. The third-order valence-electron chi connectivity index (χ3n) is 4.08. The molecule has 0 aliphatic rings. The Morgan fingerprint density at radius 1 is 1.14 bits per heavy atom. The van der Waals surface area contributed by atoms with E-state index in [0.29, 0.717) is 12.1 Å². The van der Waals surface area contributed by atoms with Crippen molar-refractivity contribution in [3.63, 3.8) is 0 Å². The van der Waals surface area contributed by atoms with Crippen LogP contribution in [0.15, 0.2) is 54.7 Å². The monoisotopic (exact) mass is 380 g/mol. The molecule has 0 spiro atoms. The van der Waals surface area contributed by atoms with E-state index >= 15 is 0 Å². The van der Waals surface area contributed by atoms with Gasteiger partial charge in [-0.05, 0) is 38.5 Å².